The van der Waals surface area contributed by atoms with E-state index in [0.29, 0.717) is 0 Å². The van der Waals surface area contributed by atoms with Crippen LogP contribution in [0.4, 0.5) is 0 Å². The summed E-state index contributed by atoms with van der Waals surface area (Å²) in [6.45, 7) is 0. The largest absolute Gasteiger partial charge is 0.466 e. The molecule has 1 saturated carbocycles. The quantitative estimate of drug-likeness (QED) is 0.577. The Kier molecular flexibility index (Phi) is 3.92. The second-order valence-electron chi connectivity index (χ2n) is 5.64. The zero-order valence-electron chi connectivity index (χ0n) is 11.4. The van der Waals surface area contributed by atoms with Gasteiger partial charge in [0.2, 0.25) is 0 Å². The lowest BCUT2D eigenvalue weighted by molar-refractivity contribution is -0.198. The Labute approximate surface area is 126 Å². The van der Waals surface area contributed by atoms with Gasteiger partial charge in [-0.1, -0.05) is 28.4 Å². The van der Waals surface area contributed by atoms with Gasteiger partial charge in [0, 0.05) is 12.8 Å². The summed E-state index contributed by atoms with van der Waals surface area (Å²) >= 11 is 3.51. The van der Waals surface area contributed by atoms with Crippen LogP contribution in [-0.4, -0.2) is 47.1 Å². The van der Waals surface area contributed by atoms with Gasteiger partial charge in [-0.05, 0) is 12.8 Å². The van der Waals surface area contributed by atoms with Crippen molar-refractivity contribution in [1.29, 1.82) is 0 Å². The number of alkyl halides is 1. The van der Waals surface area contributed by atoms with Crippen LogP contribution in [-0.2, 0) is 19.0 Å². The Morgan fingerprint density at radius 1 is 1.35 bits per heavy atom. The number of aliphatic hydroxyl groups is 1. The zero-order valence-corrected chi connectivity index (χ0v) is 13.0. The molecule has 1 spiro atoms. The van der Waals surface area contributed by atoms with Crippen molar-refractivity contribution in [2.75, 3.05) is 7.11 Å². The summed E-state index contributed by atoms with van der Waals surface area (Å²) in [6, 6.07) is 0. The minimum Gasteiger partial charge on any atom is -0.466 e. The second kappa shape index (κ2) is 5.40. The number of hydrogen-bond acceptors (Lipinski definition) is 5. The molecule has 20 heavy (non-hydrogen) atoms. The normalized spacial score (nSPS) is 39.2. The molecule has 1 saturated heterocycles. The summed E-state index contributed by atoms with van der Waals surface area (Å²) in [4.78, 5) is 11.6. The minimum absolute atomic E-state index is 0.161. The van der Waals surface area contributed by atoms with Crippen LogP contribution in [0.3, 0.4) is 0 Å². The maximum atomic E-state index is 11.7. The molecule has 5 nitrogen and oxygen atoms in total. The Bertz CT molecular complexity index is 429. The van der Waals surface area contributed by atoms with Crippen LogP contribution in [0.15, 0.2) is 11.6 Å². The van der Waals surface area contributed by atoms with Gasteiger partial charge >= 0.3 is 5.97 Å². The van der Waals surface area contributed by atoms with Crippen LogP contribution < -0.4 is 0 Å². The van der Waals surface area contributed by atoms with Crippen LogP contribution in [0.25, 0.3) is 0 Å². The van der Waals surface area contributed by atoms with Crippen LogP contribution in [0, 0.1) is 0 Å². The van der Waals surface area contributed by atoms with Gasteiger partial charge in [-0.15, -0.1) is 0 Å². The molecular formula is C14H19BrO5. The number of hydrogen-bond donors (Lipinski definition) is 1. The van der Waals surface area contributed by atoms with Gasteiger partial charge in [0.1, 0.15) is 18.3 Å². The molecule has 3 aliphatic rings. The third kappa shape index (κ3) is 2.32. The molecule has 1 heterocycles. The average Bonchev–Trinajstić information content (AvgIpc) is 2.83. The van der Waals surface area contributed by atoms with Crippen molar-refractivity contribution in [3.63, 3.8) is 0 Å². The van der Waals surface area contributed by atoms with Crippen molar-refractivity contribution in [3.05, 3.63) is 11.6 Å². The molecule has 1 aliphatic heterocycles. The molecule has 0 aromatic heterocycles. The van der Waals surface area contributed by atoms with Crippen LogP contribution in [0.2, 0.25) is 0 Å². The minimum atomic E-state index is -0.998. The summed E-state index contributed by atoms with van der Waals surface area (Å²) in [5, 5.41) is 10.4. The maximum absolute atomic E-state index is 11.7. The van der Waals surface area contributed by atoms with Crippen LogP contribution in [0.1, 0.15) is 32.1 Å². The van der Waals surface area contributed by atoms with E-state index in [0.717, 1.165) is 25.7 Å². The topological polar surface area (TPSA) is 65.0 Å². The fourth-order valence-electron chi connectivity index (χ4n) is 3.32. The molecule has 0 unspecified atom stereocenters. The monoisotopic (exact) mass is 346 g/mol. The first-order chi connectivity index (χ1) is 9.56. The molecule has 3 rings (SSSR count). The smallest absolute Gasteiger partial charge is 0.336 e. The Morgan fingerprint density at radius 3 is 2.65 bits per heavy atom. The maximum Gasteiger partial charge on any atom is 0.336 e. The first-order valence-electron chi connectivity index (χ1n) is 7.04. The van der Waals surface area contributed by atoms with Crippen molar-refractivity contribution >= 4 is 21.9 Å². The molecule has 0 amide bonds. The SMILES string of the molecule is COC(=O)C1=C[C@H](Br)[C@H]2OC3(CCCCC3)O[C@H]2[C@@H]1O. The number of carbonyl (C=O) groups is 1. The van der Waals surface area contributed by atoms with E-state index in [9.17, 15) is 9.90 Å². The van der Waals surface area contributed by atoms with Crippen LogP contribution >= 0.6 is 15.9 Å². The van der Waals surface area contributed by atoms with Crippen molar-refractivity contribution in [1.82, 2.24) is 0 Å². The lowest BCUT2D eigenvalue weighted by Crippen LogP contribution is -2.46. The highest BCUT2D eigenvalue weighted by Gasteiger charge is 2.55. The highest BCUT2D eigenvalue weighted by atomic mass is 79.9. The fourth-order valence-corrected chi connectivity index (χ4v) is 4.02. The summed E-state index contributed by atoms with van der Waals surface area (Å²) in [5.74, 6) is -1.10. The number of rotatable bonds is 1. The molecule has 0 aromatic rings. The van der Waals surface area contributed by atoms with E-state index < -0.39 is 24.0 Å². The fraction of sp³-hybridized carbons (Fsp3) is 0.786. The third-order valence-electron chi connectivity index (χ3n) is 4.34. The van der Waals surface area contributed by atoms with Crippen molar-refractivity contribution < 1.29 is 24.1 Å². The third-order valence-corrected chi connectivity index (χ3v) is 5.13. The Morgan fingerprint density at radius 2 is 2.00 bits per heavy atom. The van der Waals surface area contributed by atoms with E-state index in [1.165, 1.54) is 13.5 Å². The van der Waals surface area contributed by atoms with Crippen molar-refractivity contribution in [2.24, 2.45) is 0 Å². The van der Waals surface area contributed by atoms with Gasteiger partial charge in [0.25, 0.3) is 0 Å². The predicted octanol–water partition coefficient (Wildman–Crippen LogP) is 1.67. The van der Waals surface area contributed by atoms with Crippen LogP contribution in [0.5, 0.6) is 0 Å². The number of ether oxygens (including phenoxy) is 3. The standard InChI is InChI=1S/C14H19BrO5/c1-18-13(17)8-7-9(15)11-12(10(8)16)20-14(19-11)5-3-2-4-6-14/h7,9-12,16H,2-6H2,1H3/t9-,10+,11+,12-/m0/s1. The molecule has 4 atom stereocenters. The number of methoxy groups -OCH3 is 1. The van der Waals surface area contributed by atoms with E-state index in [2.05, 4.69) is 15.9 Å². The van der Waals surface area contributed by atoms with Crippen molar-refractivity contribution in [3.8, 4) is 0 Å². The first kappa shape index (κ1) is 14.5. The molecule has 0 aromatic carbocycles. The molecule has 0 bridgehead atoms. The molecule has 2 aliphatic carbocycles. The second-order valence-corrected chi connectivity index (χ2v) is 6.70. The predicted molar refractivity (Wildman–Crippen MR) is 74.4 cm³/mol. The van der Waals surface area contributed by atoms with Gasteiger partial charge in [0.15, 0.2) is 5.79 Å². The van der Waals surface area contributed by atoms with E-state index in [4.69, 9.17) is 14.2 Å². The Balaban J connectivity index is 1.83. The van der Waals surface area contributed by atoms with E-state index in [1.54, 1.807) is 6.08 Å². The summed E-state index contributed by atoms with van der Waals surface area (Å²) in [6.07, 6.45) is 4.91. The highest BCUT2D eigenvalue weighted by molar-refractivity contribution is 9.09. The Hall–Kier alpha value is -0.430. The number of halogens is 1. The highest BCUT2D eigenvalue weighted by Crippen LogP contribution is 2.45. The zero-order chi connectivity index (χ0) is 14.3. The molecule has 2 fully saturated rings. The van der Waals surface area contributed by atoms with E-state index >= 15 is 0 Å². The lowest BCUT2D eigenvalue weighted by Gasteiger charge is -2.32. The van der Waals surface area contributed by atoms with Gasteiger partial charge in [0.05, 0.1) is 17.5 Å². The number of esters is 1. The summed E-state index contributed by atoms with van der Waals surface area (Å²) in [7, 11) is 1.31. The van der Waals surface area contributed by atoms with E-state index in [1.807, 2.05) is 0 Å². The van der Waals surface area contributed by atoms with Gasteiger partial charge in [-0.3, -0.25) is 0 Å². The van der Waals surface area contributed by atoms with Crippen molar-refractivity contribution in [2.45, 2.75) is 61.0 Å². The number of fused-ring (bicyclic) bond motifs is 1. The van der Waals surface area contributed by atoms with Gasteiger partial charge in [-0.25, -0.2) is 4.79 Å². The summed E-state index contributed by atoms with van der Waals surface area (Å²) < 4.78 is 16.9. The molecular weight excluding hydrogens is 328 g/mol. The molecule has 1 N–H and O–H groups in total. The summed E-state index contributed by atoms with van der Waals surface area (Å²) in [5.41, 5.74) is 0.243. The average molecular weight is 347 g/mol. The number of aliphatic hydroxyl groups excluding tert-OH is 1. The number of carbonyl (C=O) groups excluding carboxylic acids is 1. The van der Waals surface area contributed by atoms with E-state index in [-0.39, 0.29) is 16.5 Å². The lowest BCUT2D eigenvalue weighted by atomic mass is 9.91. The first-order valence-corrected chi connectivity index (χ1v) is 7.96. The molecule has 6 heteroatoms. The van der Waals surface area contributed by atoms with Gasteiger partial charge < -0.3 is 19.3 Å². The molecule has 0 radical (unpaired) electrons. The van der Waals surface area contributed by atoms with Gasteiger partial charge in [-0.2, -0.15) is 0 Å². The molecule has 112 valence electrons.